The molecule has 0 saturated heterocycles. The van der Waals surface area contributed by atoms with Gasteiger partial charge in [0.25, 0.3) is 0 Å². The molecule has 1 N–H and O–H groups in total. The van der Waals surface area contributed by atoms with E-state index < -0.39 is 18.2 Å². The fraction of sp³-hybridized carbons (Fsp3) is 0.0769. The van der Waals surface area contributed by atoms with Crippen molar-refractivity contribution < 1.29 is 14.3 Å². The van der Waals surface area contributed by atoms with Gasteiger partial charge < -0.3 is 5.11 Å². The number of rotatable bonds is 3. The molecule has 0 atom stereocenters. The molecule has 19 heavy (non-hydrogen) atoms. The highest BCUT2D eigenvalue weighted by Crippen LogP contribution is 2.33. The van der Waals surface area contributed by atoms with Crippen molar-refractivity contribution in [3.8, 4) is 11.1 Å². The van der Waals surface area contributed by atoms with Gasteiger partial charge in [0.2, 0.25) is 0 Å². The van der Waals surface area contributed by atoms with Crippen LogP contribution in [0.25, 0.3) is 11.1 Å². The fourth-order valence-electron chi connectivity index (χ4n) is 1.61. The van der Waals surface area contributed by atoms with Crippen molar-refractivity contribution in [3.63, 3.8) is 0 Å². The summed E-state index contributed by atoms with van der Waals surface area (Å²) in [6.45, 7) is 0. The summed E-state index contributed by atoms with van der Waals surface area (Å²) in [7, 11) is 0. The van der Waals surface area contributed by atoms with Gasteiger partial charge in [-0.15, -0.1) is 0 Å². The van der Waals surface area contributed by atoms with Gasteiger partial charge in [0.15, 0.2) is 0 Å². The highest BCUT2D eigenvalue weighted by molar-refractivity contribution is 6.43. The van der Waals surface area contributed by atoms with E-state index in [9.17, 15) is 9.18 Å². The summed E-state index contributed by atoms with van der Waals surface area (Å²) < 4.78 is 13.7. The molecule has 1 aromatic carbocycles. The molecule has 3 nitrogen and oxygen atoms in total. The second kappa shape index (κ2) is 5.55. The van der Waals surface area contributed by atoms with E-state index in [1.807, 2.05) is 0 Å². The van der Waals surface area contributed by atoms with Gasteiger partial charge in [0.1, 0.15) is 5.82 Å². The van der Waals surface area contributed by atoms with Gasteiger partial charge in [-0.3, -0.25) is 9.78 Å². The lowest BCUT2D eigenvalue weighted by Crippen LogP contribution is -2.05. The van der Waals surface area contributed by atoms with E-state index in [1.54, 1.807) is 18.2 Å². The van der Waals surface area contributed by atoms with Gasteiger partial charge in [0.05, 0.1) is 22.2 Å². The Bertz CT molecular complexity index is 647. The van der Waals surface area contributed by atoms with E-state index in [0.717, 1.165) is 0 Å². The Morgan fingerprint density at radius 3 is 2.74 bits per heavy atom. The second-order valence-electron chi connectivity index (χ2n) is 3.82. The van der Waals surface area contributed by atoms with Crippen LogP contribution in [-0.2, 0) is 11.2 Å². The fourth-order valence-corrected chi connectivity index (χ4v) is 2.02. The van der Waals surface area contributed by atoms with E-state index in [2.05, 4.69) is 4.98 Å². The molecule has 2 rings (SSSR count). The van der Waals surface area contributed by atoms with Crippen LogP contribution in [-0.4, -0.2) is 16.1 Å². The SMILES string of the molecule is O=C(O)Cc1ncc(-c2cccc(Cl)c2Cl)cc1F. The zero-order chi connectivity index (χ0) is 14.0. The number of carboxylic acids is 1. The summed E-state index contributed by atoms with van der Waals surface area (Å²) >= 11 is 11.9. The zero-order valence-electron chi connectivity index (χ0n) is 9.53. The van der Waals surface area contributed by atoms with Crippen molar-refractivity contribution in [1.82, 2.24) is 4.98 Å². The van der Waals surface area contributed by atoms with Crippen LogP contribution in [0.2, 0.25) is 10.0 Å². The largest absolute Gasteiger partial charge is 0.481 e. The lowest BCUT2D eigenvalue weighted by atomic mass is 10.1. The number of benzene rings is 1. The third kappa shape index (κ3) is 3.03. The topological polar surface area (TPSA) is 50.2 Å². The van der Waals surface area contributed by atoms with Crippen LogP contribution in [0, 0.1) is 5.82 Å². The second-order valence-corrected chi connectivity index (χ2v) is 4.61. The minimum atomic E-state index is -1.14. The molecular formula is C13H8Cl2FNO2. The number of hydrogen-bond acceptors (Lipinski definition) is 2. The summed E-state index contributed by atoms with van der Waals surface area (Å²) in [4.78, 5) is 14.3. The zero-order valence-corrected chi connectivity index (χ0v) is 11.0. The van der Waals surface area contributed by atoms with Crippen LogP contribution in [0.1, 0.15) is 5.69 Å². The third-order valence-electron chi connectivity index (χ3n) is 2.50. The maximum atomic E-state index is 13.7. The van der Waals surface area contributed by atoms with Gasteiger partial charge in [0, 0.05) is 17.3 Å². The smallest absolute Gasteiger partial charge is 0.309 e. The number of aromatic nitrogens is 1. The summed E-state index contributed by atoms with van der Waals surface area (Å²) in [5.41, 5.74) is 0.871. The normalized spacial score (nSPS) is 10.5. The molecule has 1 heterocycles. The van der Waals surface area contributed by atoms with E-state index >= 15 is 0 Å². The molecule has 6 heteroatoms. The molecule has 0 spiro atoms. The first-order valence-corrected chi connectivity index (χ1v) is 6.05. The Kier molecular flexibility index (Phi) is 4.02. The van der Waals surface area contributed by atoms with Gasteiger partial charge in [-0.05, 0) is 12.1 Å². The predicted octanol–water partition coefficient (Wildman–Crippen LogP) is 3.82. The summed E-state index contributed by atoms with van der Waals surface area (Å²) in [5, 5.41) is 9.27. The number of carbonyl (C=O) groups is 1. The molecular weight excluding hydrogens is 292 g/mol. The van der Waals surface area contributed by atoms with Gasteiger partial charge in [-0.1, -0.05) is 35.3 Å². The van der Waals surface area contributed by atoms with Crippen LogP contribution in [0.5, 0.6) is 0 Å². The average Bonchev–Trinajstić information content (AvgIpc) is 2.35. The predicted molar refractivity (Wildman–Crippen MR) is 71.0 cm³/mol. The van der Waals surface area contributed by atoms with Crippen molar-refractivity contribution in [2.24, 2.45) is 0 Å². The molecule has 0 unspecified atom stereocenters. The van der Waals surface area contributed by atoms with Crippen molar-refractivity contribution in [3.05, 3.63) is 52.0 Å². The van der Waals surface area contributed by atoms with Crippen molar-refractivity contribution in [2.45, 2.75) is 6.42 Å². The van der Waals surface area contributed by atoms with Gasteiger partial charge in [-0.25, -0.2) is 4.39 Å². The minimum Gasteiger partial charge on any atom is -0.481 e. The van der Waals surface area contributed by atoms with Crippen LogP contribution in [0.3, 0.4) is 0 Å². The Hall–Kier alpha value is -1.65. The van der Waals surface area contributed by atoms with E-state index in [1.165, 1.54) is 12.3 Å². The highest BCUT2D eigenvalue weighted by Gasteiger charge is 2.12. The first kappa shape index (κ1) is 13.8. The lowest BCUT2D eigenvalue weighted by molar-refractivity contribution is -0.136. The number of nitrogens with zero attached hydrogens (tertiary/aromatic N) is 1. The lowest BCUT2D eigenvalue weighted by Gasteiger charge is -2.07. The Labute approximate surface area is 118 Å². The molecule has 2 aromatic rings. The number of halogens is 3. The molecule has 0 amide bonds. The number of hydrogen-bond donors (Lipinski definition) is 1. The first-order chi connectivity index (χ1) is 8.99. The maximum Gasteiger partial charge on any atom is 0.309 e. The Balaban J connectivity index is 2.44. The number of carboxylic acid groups (broad SMARTS) is 1. The van der Waals surface area contributed by atoms with Crippen molar-refractivity contribution in [2.75, 3.05) is 0 Å². The minimum absolute atomic E-state index is 0.116. The number of aliphatic carboxylic acids is 1. The molecule has 0 aliphatic heterocycles. The van der Waals surface area contributed by atoms with E-state index in [4.69, 9.17) is 28.3 Å². The quantitative estimate of drug-likeness (QED) is 0.937. The number of pyridine rings is 1. The highest BCUT2D eigenvalue weighted by atomic mass is 35.5. The van der Waals surface area contributed by atoms with Gasteiger partial charge in [-0.2, -0.15) is 0 Å². The van der Waals surface area contributed by atoms with Crippen LogP contribution in [0.15, 0.2) is 30.5 Å². The van der Waals surface area contributed by atoms with Crippen LogP contribution >= 0.6 is 23.2 Å². The van der Waals surface area contributed by atoms with Crippen LogP contribution < -0.4 is 0 Å². The molecule has 1 aromatic heterocycles. The Morgan fingerprint density at radius 2 is 2.11 bits per heavy atom. The molecule has 98 valence electrons. The van der Waals surface area contributed by atoms with Gasteiger partial charge >= 0.3 is 5.97 Å². The summed E-state index contributed by atoms with van der Waals surface area (Å²) in [5.74, 6) is -1.82. The first-order valence-electron chi connectivity index (χ1n) is 5.29. The third-order valence-corrected chi connectivity index (χ3v) is 3.32. The standard InChI is InChI=1S/C13H8Cl2FNO2/c14-9-3-1-2-8(13(9)15)7-4-10(16)11(17-6-7)5-12(18)19/h1-4,6H,5H2,(H,18,19). The van der Waals surface area contributed by atoms with Crippen molar-refractivity contribution in [1.29, 1.82) is 0 Å². The molecule has 0 radical (unpaired) electrons. The summed E-state index contributed by atoms with van der Waals surface area (Å²) in [6, 6.07) is 6.19. The Morgan fingerprint density at radius 1 is 1.37 bits per heavy atom. The molecule has 0 bridgehead atoms. The van der Waals surface area contributed by atoms with E-state index in [-0.39, 0.29) is 5.69 Å². The average molecular weight is 300 g/mol. The maximum absolute atomic E-state index is 13.7. The van der Waals surface area contributed by atoms with E-state index in [0.29, 0.717) is 21.2 Å². The molecule has 0 aliphatic carbocycles. The molecule has 0 fully saturated rings. The monoisotopic (exact) mass is 299 g/mol. The van der Waals surface area contributed by atoms with Crippen LogP contribution in [0.4, 0.5) is 4.39 Å². The summed E-state index contributed by atoms with van der Waals surface area (Å²) in [6.07, 6.45) is 0.911. The molecule has 0 aliphatic rings. The van der Waals surface area contributed by atoms with Crippen molar-refractivity contribution >= 4 is 29.2 Å². The molecule has 0 saturated carbocycles.